The number of carbonyl (C=O) groups is 1. The lowest BCUT2D eigenvalue weighted by Crippen LogP contribution is -2.49. The first kappa shape index (κ1) is 16.5. The molecular weight excluding hydrogens is 314 g/mol. The third-order valence-corrected chi connectivity index (χ3v) is 5.87. The zero-order chi connectivity index (χ0) is 16.4. The molecule has 1 saturated heterocycles. The molecule has 2 aliphatic heterocycles. The summed E-state index contributed by atoms with van der Waals surface area (Å²) in [5.41, 5.74) is 0.559. The number of aryl methyl sites for hydroxylation is 1. The standard InChI is InChI=1S/C16H23N3O3S/c1-11-8-17-16-19(14(11)21)9-12(10-23-16)15(22)18-6-3-2-4-13(18)5-7-20/h8,12-13,20H,2-7,9-10H2,1H3. The van der Waals surface area contributed by atoms with E-state index < -0.39 is 0 Å². The molecule has 2 unspecified atom stereocenters. The Hall–Kier alpha value is -1.34. The Morgan fingerprint density at radius 2 is 2.30 bits per heavy atom. The molecule has 1 fully saturated rings. The summed E-state index contributed by atoms with van der Waals surface area (Å²) in [6.07, 6.45) is 5.33. The van der Waals surface area contributed by atoms with Gasteiger partial charge in [0.25, 0.3) is 5.56 Å². The zero-order valence-corrected chi connectivity index (χ0v) is 14.2. The molecular formula is C16H23N3O3S. The van der Waals surface area contributed by atoms with Gasteiger partial charge < -0.3 is 10.0 Å². The number of amides is 1. The molecule has 2 aliphatic rings. The fourth-order valence-corrected chi connectivity index (χ4v) is 4.46. The van der Waals surface area contributed by atoms with Crippen LogP contribution in [0.5, 0.6) is 0 Å². The van der Waals surface area contributed by atoms with Crippen molar-refractivity contribution in [1.82, 2.24) is 14.5 Å². The summed E-state index contributed by atoms with van der Waals surface area (Å²) < 4.78 is 1.64. The summed E-state index contributed by atoms with van der Waals surface area (Å²) in [5, 5.41) is 9.93. The average Bonchev–Trinajstić information content (AvgIpc) is 2.58. The lowest BCUT2D eigenvalue weighted by atomic mass is 9.97. The molecule has 0 aliphatic carbocycles. The van der Waals surface area contributed by atoms with Gasteiger partial charge in [0, 0.05) is 43.3 Å². The Morgan fingerprint density at radius 3 is 3.09 bits per heavy atom. The van der Waals surface area contributed by atoms with Gasteiger partial charge in [0.05, 0.1) is 5.92 Å². The maximum Gasteiger partial charge on any atom is 0.257 e. The summed E-state index contributed by atoms with van der Waals surface area (Å²) in [7, 11) is 0. The van der Waals surface area contributed by atoms with Crippen molar-refractivity contribution in [3.05, 3.63) is 22.1 Å². The van der Waals surface area contributed by atoms with Crippen molar-refractivity contribution < 1.29 is 9.90 Å². The number of hydrogen-bond acceptors (Lipinski definition) is 5. The molecule has 1 aromatic rings. The second-order valence-corrected chi connectivity index (χ2v) is 7.33. The molecule has 0 radical (unpaired) electrons. The van der Waals surface area contributed by atoms with Crippen molar-refractivity contribution in [1.29, 1.82) is 0 Å². The lowest BCUT2D eigenvalue weighted by molar-refractivity contribution is -0.139. The molecule has 7 heteroatoms. The first-order valence-electron chi connectivity index (χ1n) is 8.22. The van der Waals surface area contributed by atoms with Crippen molar-refractivity contribution in [3.8, 4) is 0 Å². The second-order valence-electron chi connectivity index (χ2n) is 6.34. The van der Waals surface area contributed by atoms with Crippen molar-refractivity contribution in [3.63, 3.8) is 0 Å². The van der Waals surface area contributed by atoms with Gasteiger partial charge in [-0.25, -0.2) is 4.98 Å². The first-order valence-corrected chi connectivity index (χ1v) is 9.21. The summed E-state index contributed by atoms with van der Waals surface area (Å²) >= 11 is 1.48. The van der Waals surface area contributed by atoms with Crippen LogP contribution < -0.4 is 5.56 Å². The molecule has 3 rings (SSSR count). The molecule has 23 heavy (non-hydrogen) atoms. The molecule has 3 heterocycles. The van der Waals surface area contributed by atoms with Gasteiger partial charge in [-0.1, -0.05) is 11.8 Å². The van der Waals surface area contributed by atoms with E-state index in [1.165, 1.54) is 11.8 Å². The fourth-order valence-electron chi connectivity index (χ4n) is 3.42. The fraction of sp³-hybridized carbons (Fsp3) is 0.688. The van der Waals surface area contributed by atoms with Crippen molar-refractivity contribution in [2.75, 3.05) is 18.9 Å². The molecule has 1 N–H and O–H groups in total. The number of rotatable bonds is 3. The smallest absolute Gasteiger partial charge is 0.257 e. The van der Waals surface area contributed by atoms with Crippen LogP contribution in [0.25, 0.3) is 0 Å². The minimum atomic E-state index is -0.187. The van der Waals surface area contributed by atoms with Gasteiger partial charge in [-0.2, -0.15) is 0 Å². The van der Waals surface area contributed by atoms with Crippen LogP contribution in [0.2, 0.25) is 0 Å². The van der Waals surface area contributed by atoms with E-state index >= 15 is 0 Å². The number of aromatic nitrogens is 2. The van der Waals surface area contributed by atoms with Gasteiger partial charge in [-0.3, -0.25) is 14.2 Å². The maximum absolute atomic E-state index is 12.9. The molecule has 0 saturated carbocycles. The zero-order valence-electron chi connectivity index (χ0n) is 13.4. The predicted molar refractivity (Wildman–Crippen MR) is 88.5 cm³/mol. The maximum atomic E-state index is 12.9. The Bertz CT molecular complexity index is 644. The molecule has 0 spiro atoms. The Balaban J connectivity index is 1.78. The van der Waals surface area contributed by atoms with E-state index in [1.54, 1.807) is 17.7 Å². The molecule has 1 aromatic heterocycles. The Labute approximate surface area is 139 Å². The Morgan fingerprint density at radius 1 is 1.48 bits per heavy atom. The number of likely N-dealkylation sites (tertiary alicyclic amines) is 1. The van der Waals surface area contributed by atoms with Crippen LogP contribution in [0.4, 0.5) is 0 Å². The van der Waals surface area contributed by atoms with Gasteiger partial charge in [-0.15, -0.1) is 0 Å². The quantitative estimate of drug-likeness (QED) is 0.834. The third-order valence-electron chi connectivity index (χ3n) is 4.72. The average molecular weight is 337 g/mol. The third kappa shape index (κ3) is 3.30. The van der Waals surface area contributed by atoms with Crippen LogP contribution in [0.3, 0.4) is 0 Å². The molecule has 2 atom stereocenters. The first-order chi connectivity index (χ1) is 11.1. The van der Waals surface area contributed by atoms with Crippen LogP contribution in [0, 0.1) is 12.8 Å². The molecule has 1 amide bonds. The van der Waals surface area contributed by atoms with E-state index in [9.17, 15) is 14.7 Å². The number of nitrogens with zero attached hydrogens (tertiary/aromatic N) is 3. The number of piperidine rings is 1. The van der Waals surface area contributed by atoms with E-state index in [0.717, 1.165) is 25.8 Å². The largest absolute Gasteiger partial charge is 0.396 e. The minimum Gasteiger partial charge on any atom is -0.396 e. The second kappa shape index (κ2) is 7.05. The van der Waals surface area contributed by atoms with Crippen molar-refractivity contribution >= 4 is 17.7 Å². The highest BCUT2D eigenvalue weighted by Crippen LogP contribution is 2.29. The molecule has 0 aromatic carbocycles. The normalized spacial score (nSPS) is 24.3. The van der Waals surface area contributed by atoms with Crippen molar-refractivity contribution in [2.24, 2.45) is 5.92 Å². The number of aliphatic hydroxyl groups excluding tert-OH is 1. The topological polar surface area (TPSA) is 75.4 Å². The summed E-state index contributed by atoms with van der Waals surface area (Å²) in [5.74, 6) is 0.597. The Kier molecular flexibility index (Phi) is 5.06. The highest BCUT2D eigenvalue weighted by Gasteiger charge is 2.34. The van der Waals surface area contributed by atoms with Crippen LogP contribution in [-0.4, -0.2) is 50.4 Å². The SMILES string of the molecule is Cc1cnc2n(c1=O)CC(C(=O)N1CCCCC1CCO)CS2. The van der Waals surface area contributed by atoms with E-state index in [4.69, 9.17) is 0 Å². The van der Waals surface area contributed by atoms with E-state index in [2.05, 4.69) is 4.98 Å². The predicted octanol–water partition coefficient (Wildman–Crippen LogP) is 1.04. The van der Waals surface area contributed by atoms with E-state index in [-0.39, 0.29) is 30.0 Å². The monoisotopic (exact) mass is 337 g/mol. The molecule has 6 nitrogen and oxygen atoms in total. The van der Waals surface area contributed by atoms with E-state index in [0.29, 0.717) is 29.4 Å². The number of fused-ring (bicyclic) bond motifs is 1. The number of hydrogen-bond donors (Lipinski definition) is 1. The van der Waals surface area contributed by atoms with Gasteiger partial charge >= 0.3 is 0 Å². The van der Waals surface area contributed by atoms with Crippen LogP contribution in [0.1, 0.15) is 31.2 Å². The molecule has 126 valence electrons. The number of thioether (sulfide) groups is 1. The molecule has 0 bridgehead atoms. The van der Waals surface area contributed by atoms with Crippen molar-refractivity contribution in [2.45, 2.75) is 50.4 Å². The van der Waals surface area contributed by atoms with E-state index in [1.807, 2.05) is 4.90 Å². The number of aliphatic hydroxyl groups is 1. The summed E-state index contributed by atoms with van der Waals surface area (Å²) in [6, 6.07) is 0.139. The summed E-state index contributed by atoms with van der Waals surface area (Å²) in [4.78, 5) is 31.4. The van der Waals surface area contributed by atoms with Gasteiger partial charge in [-0.05, 0) is 32.6 Å². The summed E-state index contributed by atoms with van der Waals surface area (Å²) in [6.45, 7) is 3.04. The lowest BCUT2D eigenvalue weighted by Gasteiger charge is -2.38. The van der Waals surface area contributed by atoms with Crippen LogP contribution >= 0.6 is 11.8 Å². The van der Waals surface area contributed by atoms with Gasteiger partial charge in [0.15, 0.2) is 5.16 Å². The van der Waals surface area contributed by atoms with Gasteiger partial charge in [0.1, 0.15) is 0 Å². The van der Waals surface area contributed by atoms with Gasteiger partial charge in [0.2, 0.25) is 5.91 Å². The highest BCUT2D eigenvalue weighted by molar-refractivity contribution is 7.99. The number of carbonyl (C=O) groups excluding carboxylic acids is 1. The van der Waals surface area contributed by atoms with Crippen LogP contribution in [-0.2, 0) is 11.3 Å². The minimum absolute atomic E-state index is 0.0504. The van der Waals surface area contributed by atoms with Crippen LogP contribution in [0.15, 0.2) is 16.1 Å². The highest BCUT2D eigenvalue weighted by atomic mass is 32.2.